The lowest BCUT2D eigenvalue weighted by molar-refractivity contribution is -0.129. The lowest BCUT2D eigenvalue weighted by Gasteiger charge is -2.01. The van der Waals surface area contributed by atoms with Crippen molar-refractivity contribution in [3.63, 3.8) is 0 Å². The van der Waals surface area contributed by atoms with Gasteiger partial charge in [-0.1, -0.05) is 30.3 Å². The molecule has 1 aliphatic rings. The average Bonchev–Trinajstić information content (AvgIpc) is 2.91. The van der Waals surface area contributed by atoms with Crippen molar-refractivity contribution in [2.75, 3.05) is 5.32 Å². The van der Waals surface area contributed by atoms with Gasteiger partial charge in [-0.3, -0.25) is 4.79 Å². The molecule has 0 saturated heterocycles. The van der Waals surface area contributed by atoms with E-state index in [1.165, 1.54) is 6.92 Å². The van der Waals surface area contributed by atoms with Crippen LogP contribution in [0.4, 0.5) is 5.69 Å². The summed E-state index contributed by atoms with van der Waals surface area (Å²) < 4.78 is 5.19. The summed E-state index contributed by atoms with van der Waals surface area (Å²) in [4.78, 5) is 27.1. The number of cyclic esters (lactones) is 1. The lowest BCUT2D eigenvalue weighted by atomic mass is 10.1. The van der Waals surface area contributed by atoms with Crippen molar-refractivity contribution in [1.82, 2.24) is 0 Å². The van der Waals surface area contributed by atoms with Crippen LogP contribution in [0.5, 0.6) is 0 Å². The third-order valence-corrected chi connectivity index (χ3v) is 3.18. The first-order valence-electron chi connectivity index (χ1n) is 7.07. The van der Waals surface area contributed by atoms with E-state index >= 15 is 0 Å². The maximum Gasteiger partial charge on any atom is 0.363 e. The number of esters is 1. The number of rotatable bonds is 3. The number of anilines is 1. The van der Waals surface area contributed by atoms with Crippen molar-refractivity contribution in [3.8, 4) is 0 Å². The smallest absolute Gasteiger partial charge is 0.363 e. The molecule has 3 rings (SSSR count). The van der Waals surface area contributed by atoms with Crippen LogP contribution in [-0.4, -0.2) is 17.8 Å². The standard InChI is InChI=1S/C18H14N2O3/c1-12(21)19-15-9-7-13(8-10-15)11-16-18(22)23-17(20-16)14-5-3-2-4-6-14/h2-11H,1H3,(H,19,21)/b16-11+. The predicted octanol–water partition coefficient (Wildman–Crippen LogP) is 2.99. The number of nitrogens with zero attached hydrogens (tertiary/aromatic N) is 1. The fourth-order valence-corrected chi connectivity index (χ4v) is 2.14. The minimum Gasteiger partial charge on any atom is -0.402 e. The molecular formula is C18H14N2O3. The molecule has 0 atom stereocenters. The Kier molecular flexibility index (Phi) is 4.01. The second-order valence-corrected chi connectivity index (χ2v) is 5.01. The van der Waals surface area contributed by atoms with Crippen molar-refractivity contribution in [1.29, 1.82) is 0 Å². The van der Waals surface area contributed by atoms with E-state index in [1.54, 1.807) is 30.3 Å². The molecule has 114 valence electrons. The molecule has 2 aromatic rings. The number of carbonyl (C=O) groups is 2. The van der Waals surface area contributed by atoms with Gasteiger partial charge in [0.15, 0.2) is 5.70 Å². The summed E-state index contributed by atoms with van der Waals surface area (Å²) in [7, 11) is 0. The summed E-state index contributed by atoms with van der Waals surface area (Å²) in [6.45, 7) is 1.45. The van der Waals surface area contributed by atoms with Gasteiger partial charge >= 0.3 is 5.97 Å². The van der Waals surface area contributed by atoms with Crippen molar-refractivity contribution < 1.29 is 14.3 Å². The van der Waals surface area contributed by atoms with Crippen LogP contribution in [0.15, 0.2) is 65.3 Å². The molecular weight excluding hydrogens is 292 g/mol. The highest BCUT2D eigenvalue weighted by Gasteiger charge is 2.23. The van der Waals surface area contributed by atoms with Gasteiger partial charge in [-0.25, -0.2) is 9.79 Å². The molecule has 0 bridgehead atoms. The maximum atomic E-state index is 11.9. The molecule has 0 radical (unpaired) electrons. The van der Waals surface area contributed by atoms with E-state index in [9.17, 15) is 9.59 Å². The van der Waals surface area contributed by atoms with Gasteiger partial charge < -0.3 is 10.1 Å². The summed E-state index contributed by atoms with van der Waals surface area (Å²) in [5, 5.41) is 2.68. The van der Waals surface area contributed by atoms with E-state index in [0.29, 0.717) is 11.6 Å². The Balaban J connectivity index is 1.83. The van der Waals surface area contributed by atoms with Crippen LogP contribution in [0.2, 0.25) is 0 Å². The topological polar surface area (TPSA) is 67.8 Å². The zero-order chi connectivity index (χ0) is 16.2. The maximum absolute atomic E-state index is 11.9. The van der Waals surface area contributed by atoms with Crippen LogP contribution in [0.1, 0.15) is 18.1 Å². The zero-order valence-electron chi connectivity index (χ0n) is 12.4. The Morgan fingerprint density at radius 3 is 2.43 bits per heavy atom. The van der Waals surface area contributed by atoms with Crippen LogP contribution >= 0.6 is 0 Å². The largest absolute Gasteiger partial charge is 0.402 e. The van der Waals surface area contributed by atoms with E-state index in [4.69, 9.17) is 4.74 Å². The summed E-state index contributed by atoms with van der Waals surface area (Å²) in [5.74, 6) is -0.306. The Morgan fingerprint density at radius 1 is 1.09 bits per heavy atom. The summed E-state index contributed by atoms with van der Waals surface area (Å²) >= 11 is 0. The SMILES string of the molecule is CC(=O)Nc1ccc(/C=C2/N=C(c3ccccc3)OC2=O)cc1. The summed E-state index contributed by atoms with van der Waals surface area (Å²) in [6, 6.07) is 16.4. The Bertz CT molecular complexity index is 806. The van der Waals surface area contributed by atoms with Gasteiger partial charge in [0.05, 0.1) is 0 Å². The second-order valence-electron chi connectivity index (χ2n) is 5.01. The zero-order valence-corrected chi connectivity index (χ0v) is 12.4. The minimum absolute atomic E-state index is 0.132. The van der Waals surface area contributed by atoms with Crippen LogP contribution in [0.3, 0.4) is 0 Å². The first-order valence-corrected chi connectivity index (χ1v) is 7.07. The lowest BCUT2D eigenvalue weighted by Crippen LogP contribution is -2.05. The Hall–Kier alpha value is -3.21. The number of hydrogen-bond donors (Lipinski definition) is 1. The van der Waals surface area contributed by atoms with Gasteiger partial charge in [0.2, 0.25) is 11.8 Å². The van der Waals surface area contributed by atoms with Crippen LogP contribution in [0, 0.1) is 0 Å². The molecule has 1 N–H and O–H groups in total. The van der Waals surface area contributed by atoms with Gasteiger partial charge in [0.25, 0.3) is 0 Å². The molecule has 5 heteroatoms. The molecule has 0 aliphatic carbocycles. The minimum atomic E-state index is -0.477. The van der Waals surface area contributed by atoms with Gasteiger partial charge in [-0.15, -0.1) is 0 Å². The number of benzene rings is 2. The van der Waals surface area contributed by atoms with Gasteiger partial charge in [-0.05, 0) is 35.9 Å². The molecule has 0 unspecified atom stereocenters. The molecule has 0 saturated carbocycles. The van der Waals surface area contributed by atoms with E-state index in [1.807, 2.05) is 30.3 Å². The van der Waals surface area contributed by atoms with E-state index in [-0.39, 0.29) is 11.6 Å². The molecule has 23 heavy (non-hydrogen) atoms. The fourth-order valence-electron chi connectivity index (χ4n) is 2.14. The van der Waals surface area contributed by atoms with Crippen molar-refractivity contribution >= 4 is 29.5 Å². The number of hydrogen-bond acceptors (Lipinski definition) is 4. The van der Waals surface area contributed by atoms with Crippen LogP contribution in [-0.2, 0) is 14.3 Å². The highest BCUT2D eigenvalue weighted by molar-refractivity contribution is 6.12. The monoisotopic (exact) mass is 306 g/mol. The number of amides is 1. The fraction of sp³-hybridized carbons (Fsp3) is 0.0556. The van der Waals surface area contributed by atoms with Gasteiger partial charge in [0.1, 0.15) is 0 Å². The third kappa shape index (κ3) is 3.52. The first-order chi connectivity index (χ1) is 11.1. The average molecular weight is 306 g/mol. The Morgan fingerprint density at radius 2 is 1.78 bits per heavy atom. The number of carbonyl (C=O) groups excluding carboxylic acids is 2. The quantitative estimate of drug-likeness (QED) is 0.700. The van der Waals surface area contributed by atoms with Crippen molar-refractivity contribution in [3.05, 3.63) is 71.4 Å². The normalized spacial score (nSPS) is 15.3. The first kappa shape index (κ1) is 14.7. The second kappa shape index (κ2) is 6.27. The van der Waals surface area contributed by atoms with Crippen LogP contribution in [0.25, 0.3) is 6.08 Å². The molecule has 0 spiro atoms. The molecule has 1 amide bonds. The molecule has 0 fully saturated rings. The molecule has 1 heterocycles. The highest BCUT2D eigenvalue weighted by Crippen LogP contribution is 2.20. The predicted molar refractivity (Wildman–Crippen MR) is 87.8 cm³/mol. The van der Waals surface area contributed by atoms with E-state index in [0.717, 1.165) is 11.1 Å². The molecule has 5 nitrogen and oxygen atoms in total. The molecule has 1 aliphatic heterocycles. The summed E-state index contributed by atoms with van der Waals surface area (Å²) in [5.41, 5.74) is 2.49. The highest BCUT2D eigenvalue weighted by atomic mass is 16.6. The van der Waals surface area contributed by atoms with E-state index in [2.05, 4.69) is 10.3 Å². The number of ether oxygens (including phenoxy) is 1. The summed E-state index contributed by atoms with van der Waals surface area (Å²) in [6.07, 6.45) is 1.65. The van der Waals surface area contributed by atoms with E-state index < -0.39 is 5.97 Å². The Labute approximate surface area is 133 Å². The van der Waals surface area contributed by atoms with Crippen LogP contribution < -0.4 is 5.32 Å². The van der Waals surface area contributed by atoms with Gasteiger partial charge in [-0.2, -0.15) is 0 Å². The third-order valence-electron chi connectivity index (χ3n) is 3.18. The van der Waals surface area contributed by atoms with Crippen molar-refractivity contribution in [2.45, 2.75) is 6.92 Å². The van der Waals surface area contributed by atoms with Gasteiger partial charge in [0, 0.05) is 18.2 Å². The molecule has 0 aromatic heterocycles. The van der Waals surface area contributed by atoms with Crippen molar-refractivity contribution in [2.24, 2.45) is 4.99 Å². The number of nitrogens with one attached hydrogen (secondary N) is 1. The number of aliphatic imine (C=N–C) groups is 1. The molecule has 2 aromatic carbocycles.